The van der Waals surface area contributed by atoms with Gasteiger partial charge in [0, 0.05) is 29.5 Å². The highest BCUT2D eigenvalue weighted by molar-refractivity contribution is 8.00. The number of carbonyl (C=O) groups excluding carboxylic acids is 2. The Bertz CT molecular complexity index is 624. The first kappa shape index (κ1) is 17.3. The average molecular weight is 349 g/mol. The number of anilines is 1. The van der Waals surface area contributed by atoms with Gasteiger partial charge in [-0.1, -0.05) is 0 Å². The maximum Gasteiger partial charge on any atom is 0.251 e. The fourth-order valence-electron chi connectivity index (χ4n) is 3.23. The molecule has 0 unspecified atom stereocenters. The van der Waals surface area contributed by atoms with Crippen molar-refractivity contribution in [1.29, 1.82) is 0 Å². The fourth-order valence-corrected chi connectivity index (χ4v) is 4.02. The normalized spacial score (nSPS) is 19.3. The van der Waals surface area contributed by atoms with Crippen LogP contribution in [0.4, 0.5) is 5.69 Å². The number of hydrogen-bond acceptors (Lipinski definition) is 5. The minimum atomic E-state index is -0.114. The highest BCUT2D eigenvalue weighted by atomic mass is 32.2. The molecule has 2 aliphatic rings. The predicted octanol–water partition coefficient (Wildman–Crippen LogP) is 1.48. The van der Waals surface area contributed by atoms with Crippen LogP contribution in [0.1, 0.15) is 23.2 Å². The quantitative estimate of drug-likeness (QED) is 0.750. The van der Waals surface area contributed by atoms with Gasteiger partial charge in [-0.05, 0) is 44.1 Å². The molecule has 3 N–H and O–H groups in total. The van der Waals surface area contributed by atoms with Crippen molar-refractivity contribution in [3.05, 3.63) is 23.8 Å². The van der Waals surface area contributed by atoms with Crippen molar-refractivity contribution in [3.8, 4) is 0 Å². The number of fused-ring (bicyclic) bond motifs is 1. The lowest BCUT2D eigenvalue weighted by Crippen LogP contribution is -2.47. The minimum Gasteiger partial charge on any atom is -0.384 e. The number of rotatable bonds is 5. The molecule has 7 heteroatoms. The molecule has 3 rings (SSSR count). The molecule has 2 amide bonds. The Morgan fingerprint density at radius 1 is 1.38 bits per heavy atom. The van der Waals surface area contributed by atoms with E-state index in [1.165, 1.54) is 11.8 Å². The van der Waals surface area contributed by atoms with Gasteiger partial charge in [-0.3, -0.25) is 9.59 Å². The highest BCUT2D eigenvalue weighted by Gasteiger charge is 2.32. The molecule has 0 spiro atoms. The van der Waals surface area contributed by atoms with E-state index >= 15 is 0 Å². The van der Waals surface area contributed by atoms with Gasteiger partial charge in [-0.25, -0.2) is 0 Å². The van der Waals surface area contributed by atoms with E-state index < -0.39 is 0 Å². The first-order valence-electron chi connectivity index (χ1n) is 8.16. The van der Waals surface area contributed by atoms with Crippen LogP contribution in [-0.2, 0) is 9.53 Å². The van der Waals surface area contributed by atoms with Gasteiger partial charge in [0.2, 0.25) is 5.91 Å². The summed E-state index contributed by atoms with van der Waals surface area (Å²) in [7, 11) is 1.70. The molecule has 0 bridgehead atoms. The summed E-state index contributed by atoms with van der Waals surface area (Å²) < 4.78 is 5.38. The molecule has 2 heterocycles. The molecular weight excluding hydrogens is 326 g/mol. The molecular formula is C17H23N3O3S. The van der Waals surface area contributed by atoms with E-state index in [2.05, 4.69) is 16.0 Å². The summed E-state index contributed by atoms with van der Waals surface area (Å²) in [6, 6.07) is 5.45. The summed E-state index contributed by atoms with van der Waals surface area (Å²) in [5.41, 5.74) is 1.28. The number of benzene rings is 1. The third-order valence-electron chi connectivity index (χ3n) is 4.61. The van der Waals surface area contributed by atoms with Gasteiger partial charge < -0.3 is 20.7 Å². The average Bonchev–Trinajstić information content (AvgIpc) is 2.60. The maximum absolute atomic E-state index is 12.5. The first-order valence-corrected chi connectivity index (χ1v) is 9.15. The fraction of sp³-hybridized carbons (Fsp3) is 0.529. The van der Waals surface area contributed by atoms with Gasteiger partial charge in [-0.2, -0.15) is 0 Å². The number of amides is 2. The number of ether oxygens (including phenoxy) is 1. The summed E-state index contributed by atoms with van der Waals surface area (Å²) in [6.45, 7) is 3.13. The second-order valence-corrected chi connectivity index (χ2v) is 7.43. The summed E-state index contributed by atoms with van der Waals surface area (Å²) in [5, 5.41) is 9.21. The van der Waals surface area contributed by atoms with Crippen LogP contribution in [0.5, 0.6) is 0 Å². The zero-order chi connectivity index (χ0) is 17.0. The third kappa shape index (κ3) is 3.91. The van der Waals surface area contributed by atoms with Gasteiger partial charge in [0.15, 0.2) is 0 Å². The Kier molecular flexibility index (Phi) is 5.43. The Morgan fingerprint density at radius 3 is 2.92 bits per heavy atom. The largest absolute Gasteiger partial charge is 0.384 e. The monoisotopic (exact) mass is 349 g/mol. The van der Waals surface area contributed by atoms with E-state index in [0.717, 1.165) is 36.5 Å². The molecule has 1 saturated heterocycles. The Hall–Kier alpha value is -1.57. The zero-order valence-electron chi connectivity index (χ0n) is 13.8. The van der Waals surface area contributed by atoms with Crippen molar-refractivity contribution in [1.82, 2.24) is 10.6 Å². The summed E-state index contributed by atoms with van der Waals surface area (Å²) in [6.07, 6.45) is 1.97. The molecule has 1 aromatic rings. The molecule has 24 heavy (non-hydrogen) atoms. The lowest BCUT2D eigenvalue weighted by atomic mass is 9.79. The lowest BCUT2D eigenvalue weighted by Gasteiger charge is -2.37. The van der Waals surface area contributed by atoms with Crippen LogP contribution in [0.3, 0.4) is 0 Å². The standard InChI is InChI=1S/C17H23N3O3S/c1-23-11-17(4-6-18-7-5-17)10-19-16(22)12-2-3-14-13(8-12)20-15(21)9-24-14/h2-3,8,18H,4-7,9-11H2,1H3,(H,19,22)(H,20,21). The van der Waals surface area contributed by atoms with Crippen LogP contribution in [0, 0.1) is 5.41 Å². The molecule has 0 atom stereocenters. The summed E-state index contributed by atoms with van der Waals surface area (Å²) in [5.74, 6) is 0.280. The Labute approximate surface area is 146 Å². The zero-order valence-corrected chi connectivity index (χ0v) is 14.6. The van der Waals surface area contributed by atoms with E-state index in [0.29, 0.717) is 24.5 Å². The van der Waals surface area contributed by atoms with Crippen molar-refractivity contribution < 1.29 is 14.3 Å². The second-order valence-electron chi connectivity index (χ2n) is 6.41. The van der Waals surface area contributed by atoms with Crippen LogP contribution < -0.4 is 16.0 Å². The number of hydrogen-bond donors (Lipinski definition) is 3. The number of piperidine rings is 1. The van der Waals surface area contributed by atoms with Crippen molar-refractivity contribution >= 4 is 29.3 Å². The molecule has 2 aliphatic heterocycles. The molecule has 6 nitrogen and oxygen atoms in total. The third-order valence-corrected chi connectivity index (χ3v) is 5.69. The minimum absolute atomic E-state index is 0.00602. The van der Waals surface area contributed by atoms with Crippen LogP contribution >= 0.6 is 11.8 Å². The molecule has 0 saturated carbocycles. The van der Waals surface area contributed by atoms with E-state index in [9.17, 15) is 9.59 Å². The van der Waals surface area contributed by atoms with Crippen LogP contribution in [0.15, 0.2) is 23.1 Å². The van der Waals surface area contributed by atoms with E-state index in [-0.39, 0.29) is 17.2 Å². The van der Waals surface area contributed by atoms with Gasteiger partial charge >= 0.3 is 0 Å². The van der Waals surface area contributed by atoms with Crippen molar-refractivity contribution in [2.45, 2.75) is 17.7 Å². The van der Waals surface area contributed by atoms with Gasteiger partial charge in [-0.15, -0.1) is 11.8 Å². The number of thioether (sulfide) groups is 1. The molecule has 0 aliphatic carbocycles. The molecule has 0 aromatic heterocycles. The van der Waals surface area contributed by atoms with Crippen molar-refractivity contribution in [3.63, 3.8) is 0 Å². The number of carbonyl (C=O) groups is 2. The van der Waals surface area contributed by atoms with E-state index in [4.69, 9.17) is 4.74 Å². The van der Waals surface area contributed by atoms with E-state index in [1.54, 1.807) is 13.2 Å². The van der Waals surface area contributed by atoms with Crippen LogP contribution in [0.25, 0.3) is 0 Å². The lowest BCUT2D eigenvalue weighted by molar-refractivity contribution is -0.113. The second kappa shape index (κ2) is 7.55. The highest BCUT2D eigenvalue weighted by Crippen LogP contribution is 2.32. The topological polar surface area (TPSA) is 79.5 Å². The van der Waals surface area contributed by atoms with Crippen molar-refractivity contribution in [2.75, 3.05) is 44.4 Å². The first-order chi connectivity index (χ1) is 11.6. The maximum atomic E-state index is 12.5. The predicted molar refractivity (Wildman–Crippen MR) is 94.5 cm³/mol. The van der Waals surface area contributed by atoms with E-state index in [1.807, 2.05) is 12.1 Å². The van der Waals surface area contributed by atoms with Gasteiger partial charge in [0.1, 0.15) is 0 Å². The number of nitrogens with one attached hydrogen (secondary N) is 3. The summed E-state index contributed by atoms with van der Waals surface area (Å²) >= 11 is 1.49. The Morgan fingerprint density at radius 2 is 2.17 bits per heavy atom. The molecule has 1 fully saturated rings. The smallest absolute Gasteiger partial charge is 0.251 e. The SMILES string of the molecule is COCC1(CNC(=O)c2ccc3c(c2)NC(=O)CS3)CCNCC1. The van der Waals surface area contributed by atoms with Crippen LogP contribution in [0.2, 0.25) is 0 Å². The Balaban J connectivity index is 1.66. The molecule has 0 radical (unpaired) electrons. The summed E-state index contributed by atoms with van der Waals surface area (Å²) in [4.78, 5) is 25.0. The molecule has 1 aromatic carbocycles. The number of methoxy groups -OCH3 is 1. The van der Waals surface area contributed by atoms with Gasteiger partial charge in [0.05, 0.1) is 18.0 Å². The van der Waals surface area contributed by atoms with Crippen molar-refractivity contribution in [2.24, 2.45) is 5.41 Å². The van der Waals surface area contributed by atoms with Crippen LogP contribution in [-0.4, -0.2) is 50.9 Å². The van der Waals surface area contributed by atoms with Gasteiger partial charge in [0.25, 0.3) is 5.91 Å². The molecule has 130 valence electrons.